The highest BCUT2D eigenvalue weighted by Gasteiger charge is 1.94. The van der Waals surface area contributed by atoms with E-state index in [-0.39, 0.29) is 5.76 Å². The number of aromatic nitrogens is 2. The summed E-state index contributed by atoms with van der Waals surface area (Å²) < 4.78 is 0.585. The van der Waals surface area contributed by atoms with Gasteiger partial charge in [-0.15, -0.1) is 0 Å². The highest BCUT2D eigenvalue weighted by Crippen LogP contribution is 1.95. The highest BCUT2D eigenvalue weighted by atomic mass is 32.1. The van der Waals surface area contributed by atoms with Gasteiger partial charge in [0.25, 0.3) is 0 Å². The van der Waals surface area contributed by atoms with Crippen LogP contribution < -0.4 is 10.7 Å². The molecule has 0 saturated carbocycles. The fourth-order valence-corrected chi connectivity index (χ4v) is 1.41. The summed E-state index contributed by atoms with van der Waals surface area (Å²) in [4.78, 5) is 5.92. The summed E-state index contributed by atoms with van der Waals surface area (Å²) in [7, 11) is 0. The molecule has 4 heteroatoms. The van der Waals surface area contributed by atoms with Crippen molar-refractivity contribution in [1.29, 1.82) is 0 Å². The molecule has 0 radical (unpaired) electrons. The SMILES string of the molecule is OC1=CCC=c2[nH]c(=S)[nH]c2=C1. The summed E-state index contributed by atoms with van der Waals surface area (Å²) in [6.07, 6.45) is 6.09. The van der Waals surface area contributed by atoms with Crippen LogP contribution >= 0.6 is 12.2 Å². The van der Waals surface area contributed by atoms with E-state index in [1.807, 2.05) is 6.08 Å². The molecule has 1 aliphatic carbocycles. The highest BCUT2D eigenvalue weighted by molar-refractivity contribution is 7.71. The monoisotopic (exact) mass is 180 g/mol. The van der Waals surface area contributed by atoms with Crippen molar-refractivity contribution in [3.63, 3.8) is 0 Å². The maximum Gasteiger partial charge on any atom is 0.175 e. The molecule has 0 fully saturated rings. The number of nitrogens with one attached hydrogen (secondary N) is 2. The number of hydrogen-bond donors (Lipinski definition) is 3. The molecule has 0 bridgehead atoms. The van der Waals surface area contributed by atoms with Crippen molar-refractivity contribution >= 4 is 24.4 Å². The van der Waals surface area contributed by atoms with Crippen LogP contribution in [-0.4, -0.2) is 15.1 Å². The van der Waals surface area contributed by atoms with Crippen molar-refractivity contribution in [2.24, 2.45) is 0 Å². The Labute approximate surface area is 73.8 Å². The lowest BCUT2D eigenvalue weighted by Crippen LogP contribution is -2.23. The quantitative estimate of drug-likeness (QED) is 0.509. The van der Waals surface area contributed by atoms with Gasteiger partial charge in [0.15, 0.2) is 4.77 Å². The number of aliphatic hydroxyl groups excluding tert-OH is 1. The van der Waals surface area contributed by atoms with Crippen LogP contribution in [0.4, 0.5) is 0 Å². The molecule has 1 heterocycles. The van der Waals surface area contributed by atoms with Crippen LogP contribution in [0.1, 0.15) is 6.42 Å². The average Bonchev–Trinajstić information content (AvgIpc) is 2.23. The summed E-state index contributed by atoms with van der Waals surface area (Å²) in [5.41, 5.74) is 0. The van der Waals surface area contributed by atoms with Gasteiger partial charge in [0.1, 0.15) is 5.76 Å². The van der Waals surface area contributed by atoms with E-state index in [4.69, 9.17) is 12.2 Å². The normalized spacial score (nSPS) is 15.2. The van der Waals surface area contributed by atoms with Crippen molar-refractivity contribution in [2.45, 2.75) is 6.42 Å². The first-order valence-electron chi connectivity index (χ1n) is 3.65. The van der Waals surface area contributed by atoms with E-state index in [0.29, 0.717) is 4.77 Å². The molecule has 3 nitrogen and oxygen atoms in total. The lowest BCUT2D eigenvalue weighted by Gasteiger charge is -1.83. The van der Waals surface area contributed by atoms with E-state index in [1.165, 1.54) is 0 Å². The topological polar surface area (TPSA) is 51.8 Å². The van der Waals surface area contributed by atoms with Crippen molar-refractivity contribution in [2.75, 3.05) is 0 Å². The molecule has 0 atom stereocenters. The Morgan fingerprint density at radius 3 is 2.83 bits per heavy atom. The summed E-state index contributed by atoms with van der Waals surface area (Å²) >= 11 is 4.91. The smallest absolute Gasteiger partial charge is 0.175 e. The van der Waals surface area contributed by atoms with Crippen molar-refractivity contribution in [1.82, 2.24) is 9.97 Å². The number of allylic oxidation sites excluding steroid dienone is 2. The van der Waals surface area contributed by atoms with Gasteiger partial charge in [0, 0.05) is 6.08 Å². The van der Waals surface area contributed by atoms with E-state index in [2.05, 4.69) is 9.97 Å². The predicted molar refractivity (Wildman–Crippen MR) is 49.5 cm³/mol. The maximum atomic E-state index is 9.26. The second kappa shape index (κ2) is 2.64. The zero-order valence-electron chi connectivity index (χ0n) is 6.29. The Bertz CT molecular complexity index is 492. The molecule has 0 aliphatic heterocycles. The van der Waals surface area contributed by atoms with Crippen molar-refractivity contribution < 1.29 is 5.11 Å². The molecule has 0 amide bonds. The van der Waals surface area contributed by atoms with Gasteiger partial charge in [-0.05, 0) is 24.7 Å². The first-order valence-corrected chi connectivity index (χ1v) is 4.06. The van der Waals surface area contributed by atoms with Crippen LogP contribution in [0.2, 0.25) is 0 Å². The third-order valence-corrected chi connectivity index (χ3v) is 1.93. The third-order valence-electron chi connectivity index (χ3n) is 1.73. The second-order valence-electron chi connectivity index (χ2n) is 2.62. The number of aliphatic hydroxyl groups is 1. The molecule has 0 saturated heterocycles. The van der Waals surface area contributed by atoms with Crippen molar-refractivity contribution in [3.8, 4) is 0 Å². The lowest BCUT2D eigenvalue weighted by molar-refractivity contribution is 0.440. The van der Waals surface area contributed by atoms with Crippen LogP contribution in [0.5, 0.6) is 0 Å². The Morgan fingerprint density at radius 2 is 2.00 bits per heavy atom. The standard InChI is InChI=1S/C8H8N2OS/c11-5-2-1-3-6-7(4-5)10-8(12)9-6/h2-4,11H,1H2,(H2,9,10,12). The van der Waals surface area contributed by atoms with Crippen LogP contribution in [0.3, 0.4) is 0 Å². The first-order chi connectivity index (χ1) is 5.75. The molecule has 12 heavy (non-hydrogen) atoms. The molecular formula is C8H8N2OS. The third kappa shape index (κ3) is 1.21. The van der Waals surface area contributed by atoms with E-state index in [0.717, 1.165) is 17.1 Å². The molecular weight excluding hydrogens is 172 g/mol. The van der Waals surface area contributed by atoms with Crippen LogP contribution in [0, 0.1) is 4.77 Å². The Balaban J connectivity index is 2.84. The fourth-order valence-electron chi connectivity index (χ4n) is 1.19. The average molecular weight is 180 g/mol. The minimum absolute atomic E-state index is 0.273. The van der Waals surface area contributed by atoms with Gasteiger partial charge in [0.2, 0.25) is 0 Å². The van der Waals surface area contributed by atoms with Gasteiger partial charge in [-0.1, -0.05) is 6.08 Å². The van der Waals surface area contributed by atoms with Crippen LogP contribution in [0.25, 0.3) is 12.2 Å². The summed E-state index contributed by atoms with van der Waals surface area (Å²) in [5.74, 6) is 0.273. The van der Waals surface area contributed by atoms with E-state index < -0.39 is 0 Å². The largest absolute Gasteiger partial charge is 0.508 e. The van der Waals surface area contributed by atoms with Gasteiger partial charge in [-0.3, -0.25) is 0 Å². The summed E-state index contributed by atoms with van der Waals surface area (Å²) in [6, 6.07) is 0. The number of fused-ring (bicyclic) bond motifs is 1. The lowest BCUT2D eigenvalue weighted by atomic mass is 10.3. The molecule has 1 aromatic heterocycles. The number of aromatic amines is 2. The molecule has 1 aliphatic rings. The summed E-state index contributed by atoms with van der Waals surface area (Å²) in [5, 5.41) is 11.0. The molecule has 62 valence electrons. The second-order valence-corrected chi connectivity index (χ2v) is 3.03. The Kier molecular flexibility index (Phi) is 1.62. The molecule has 0 unspecified atom stereocenters. The fraction of sp³-hybridized carbons (Fsp3) is 0.125. The Morgan fingerprint density at radius 1 is 1.25 bits per heavy atom. The number of rotatable bonds is 0. The van der Waals surface area contributed by atoms with Crippen molar-refractivity contribution in [3.05, 3.63) is 27.3 Å². The summed E-state index contributed by atoms with van der Waals surface area (Å²) in [6.45, 7) is 0. The van der Waals surface area contributed by atoms with Gasteiger partial charge < -0.3 is 15.1 Å². The number of imidazole rings is 1. The minimum atomic E-state index is 0.273. The van der Waals surface area contributed by atoms with E-state index >= 15 is 0 Å². The van der Waals surface area contributed by atoms with Crippen LogP contribution in [-0.2, 0) is 0 Å². The van der Waals surface area contributed by atoms with Gasteiger partial charge in [-0.2, -0.15) is 0 Å². The molecule has 0 spiro atoms. The number of H-pyrrole nitrogens is 2. The first kappa shape index (κ1) is 7.36. The van der Waals surface area contributed by atoms with Gasteiger partial charge in [0.05, 0.1) is 10.7 Å². The van der Waals surface area contributed by atoms with Gasteiger partial charge in [-0.25, -0.2) is 0 Å². The van der Waals surface area contributed by atoms with E-state index in [1.54, 1.807) is 12.2 Å². The molecule has 1 aromatic rings. The Hall–Kier alpha value is -1.29. The molecule has 0 aromatic carbocycles. The zero-order valence-corrected chi connectivity index (χ0v) is 7.11. The maximum absolute atomic E-state index is 9.26. The van der Waals surface area contributed by atoms with Crippen LogP contribution in [0.15, 0.2) is 11.8 Å². The molecule has 3 N–H and O–H groups in total. The predicted octanol–water partition coefficient (Wildman–Crippen LogP) is 0.479. The number of hydrogen-bond acceptors (Lipinski definition) is 2. The zero-order chi connectivity index (χ0) is 8.55. The minimum Gasteiger partial charge on any atom is -0.508 e. The van der Waals surface area contributed by atoms with E-state index in [9.17, 15) is 5.11 Å². The van der Waals surface area contributed by atoms with Gasteiger partial charge >= 0.3 is 0 Å². The molecule has 2 rings (SSSR count).